The molecule has 4 rings (SSSR count). The van der Waals surface area contributed by atoms with Gasteiger partial charge in [0.2, 0.25) is 5.91 Å². The molecule has 2 saturated heterocycles. The second kappa shape index (κ2) is 6.26. The van der Waals surface area contributed by atoms with E-state index in [1.54, 1.807) is 18.1 Å². The van der Waals surface area contributed by atoms with Gasteiger partial charge in [-0.25, -0.2) is 4.98 Å². The molecule has 0 unspecified atom stereocenters. The molecule has 2 fully saturated rings. The summed E-state index contributed by atoms with van der Waals surface area (Å²) in [6.07, 6.45) is 1.63. The minimum absolute atomic E-state index is 0.127. The summed E-state index contributed by atoms with van der Waals surface area (Å²) in [7, 11) is 1.59. The molecule has 3 heterocycles. The van der Waals surface area contributed by atoms with Crippen LogP contribution in [0.4, 0.5) is 5.82 Å². The number of ether oxygens (including phenoxy) is 1. The lowest BCUT2D eigenvalue weighted by Gasteiger charge is -2.25. The molecule has 1 N–H and O–H groups in total. The van der Waals surface area contributed by atoms with Gasteiger partial charge >= 0.3 is 5.97 Å². The molecule has 0 radical (unpaired) electrons. The SMILES string of the molecule is C=CCN1C[C@@]2(C(=O)O)CN(c3ccc4cccc(OC)c4n3)C[C@H]2C1=O. The van der Waals surface area contributed by atoms with E-state index in [9.17, 15) is 14.7 Å². The van der Waals surface area contributed by atoms with Crippen LogP contribution in [0.25, 0.3) is 10.9 Å². The molecule has 0 spiro atoms. The fraction of sp³-hybridized carbons (Fsp3) is 0.350. The van der Waals surface area contributed by atoms with Crippen molar-refractivity contribution in [1.82, 2.24) is 9.88 Å². The number of rotatable bonds is 5. The Kier molecular flexibility index (Phi) is 4.02. The Balaban J connectivity index is 1.70. The summed E-state index contributed by atoms with van der Waals surface area (Å²) < 4.78 is 5.39. The van der Waals surface area contributed by atoms with E-state index in [-0.39, 0.29) is 19.0 Å². The molecular formula is C20H21N3O4. The van der Waals surface area contributed by atoms with E-state index in [1.165, 1.54) is 0 Å². The largest absolute Gasteiger partial charge is 0.494 e. The summed E-state index contributed by atoms with van der Waals surface area (Å²) in [4.78, 5) is 33.0. The Bertz CT molecular complexity index is 944. The van der Waals surface area contributed by atoms with Gasteiger partial charge in [0.15, 0.2) is 0 Å². The quantitative estimate of drug-likeness (QED) is 0.811. The number of hydrogen-bond acceptors (Lipinski definition) is 5. The maximum atomic E-state index is 12.7. The van der Waals surface area contributed by atoms with Gasteiger partial charge in [0.1, 0.15) is 22.5 Å². The molecule has 2 aliphatic rings. The number of methoxy groups -OCH3 is 1. The van der Waals surface area contributed by atoms with Gasteiger partial charge in [0, 0.05) is 31.6 Å². The maximum Gasteiger partial charge on any atom is 0.314 e. The Labute approximate surface area is 156 Å². The number of fused-ring (bicyclic) bond motifs is 2. The third-order valence-corrected chi connectivity index (χ3v) is 5.61. The van der Waals surface area contributed by atoms with Crippen molar-refractivity contribution in [3.8, 4) is 5.75 Å². The zero-order valence-electron chi connectivity index (χ0n) is 15.1. The molecule has 0 aliphatic carbocycles. The van der Waals surface area contributed by atoms with Crippen molar-refractivity contribution in [2.24, 2.45) is 11.3 Å². The molecule has 0 saturated carbocycles. The van der Waals surface area contributed by atoms with Gasteiger partial charge in [0.05, 0.1) is 13.0 Å². The van der Waals surface area contributed by atoms with E-state index < -0.39 is 17.3 Å². The number of carboxylic acid groups (broad SMARTS) is 1. The van der Waals surface area contributed by atoms with Gasteiger partial charge < -0.3 is 19.6 Å². The number of benzene rings is 1. The van der Waals surface area contributed by atoms with Crippen LogP contribution >= 0.6 is 0 Å². The van der Waals surface area contributed by atoms with Crippen molar-refractivity contribution in [1.29, 1.82) is 0 Å². The van der Waals surface area contributed by atoms with Gasteiger partial charge in [0.25, 0.3) is 0 Å². The number of aliphatic carboxylic acids is 1. The van der Waals surface area contributed by atoms with Crippen molar-refractivity contribution >= 4 is 28.6 Å². The zero-order chi connectivity index (χ0) is 19.2. The molecular weight excluding hydrogens is 346 g/mol. The van der Waals surface area contributed by atoms with Crippen LogP contribution in [-0.2, 0) is 9.59 Å². The number of aromatic nitrogens is 1. The van der Waals surface area contributed by atoms with Crippen molar-refractivity contribution in [3.05, 3.63) is 43.0 Å². The maximum absolute atomic E-state index is 12.7. The second-order valence-corrected chi connectivity index (χ2v) is 7.10. The normalized spacial score (nSPS) is 24.3. The average Bonchev–Trinajstić information content (AvgIpc) is 3.17. The van der Waals surface area contributed by atoms with Crippen molar-refractivity contribution in [2.75, 3.05) is 38.2 Å². The number of hydrogen-bond donors (Lipinski definition) is 1. The predicted octanol–water partition coefficient (Wildman–Crippen LogP) is 1.78. The number of anilines is 1. The lowest BCUT2D eigenvalue weighted by molar-refractivity contribution is -0.149. The van der Waals surface area contributed by atoms with Gasteiger partial charge in [-0.2, -0.15) is 0 Å². The standard InChI is InChI=1S/C20H21N3O4/c1-3-9-22-11-20(19(25)26)12-23(10-14(20)18(22)24)16-8-7-13-5-4-6-15(27-2)17(13)21-16/h3-8,14H,1,9-12H2,2H3,(H,25,26)/t14-,20+/m0/s1. The topological polar surface area (TPSA) is 83.0 Å². The molecule has 7 nitrogen and oxygen atoms in total. The molecule has 27 heavy (non-hydrogen) atoms. The third kappa shape index (κ3) is 2.53. The Hall–Kier alpha value is -3.09. The molecule has 0 bridgehead atoms. The lowest BCUT2D eigenvalue weighted by Crippen LogP contribution is -2.41. The Morgan fingerprint density at radius 3 is 2.89 bits per heavy atom. The van der Waals surface area contributed by atoms with Crippen molar-refractivity contribution in [2.45, 2.75) is 0 Å². The highest BCUT2D eigenvalue weighted by atomic mass is 16.5. The van der Waals surface area contributed by atoms with Gasteiger partial charge in [-0.1, -0.05) is 18.2 Å². The van der Waals surface area contributed by atoms with Crippen molar-refractivity contribution < 1.29 is 19.4 Å². The van der Waals surface area contributed by atoms with Crippen molar-refractivity contribution in [3.63, 3.8) is 0 Å². The van der Waals surface area contributed by atoms with Crippen LogP contribution in [0.3, 0.4) is 0 Å². The lowest BCUT2D eigenvalue weighted by atomic mass is 9.81. The summed E-state index contributed by atoms with van der Waals surface area (Å²) >= 11 is 0. The minimum Gasteiger partial charge on any atom is -0.494 e. The predicted molar refractivity (Wildman–Crippen MR) is 101 cm³/mol. The van der Waals surface area contributed by atoms with Gasteiger partial charge in [-0.05, 0) is 18.2 Å². The third-order valence-electron chi connectivity index (χ3n) is 5.61. The van der Waals surface area contributed by atoms with Crippen LogP contribution in [0.5, 0.6) is 5.75 Å². The van der Waals surface area contributed by atoms with Crippen LogP contribution < -0.4 is 9.64 Å². The average molecular weight is 367 g/mol. The van der Waals surface area contributed by atoms with E-state index >= 15 is 0 Å². The first-order valence-electron chi connectivity index (χ1n) is 8.82. The van der Waals surface area contributed by atoms with Crippen LogP contribution in [0.15, 0.2) is 43.0 Å². The number of pyridine rings is 1. The van der Waals surface area contributed by atoms with E-state index in [0.717, 1.165) is 10.9 Å². The summed E-state index contributed by atoms with van der Waals surface area (Å²) in [6.45, 7) is 4.81. The first-order chi connectivity index (χ1) is 13.0. The number of carboxylic acids is 1. The summed E-state index contributed by atoms with van der Waals surface area (Å²) in [6, 6.07) is 9.49. The Morgan fingerprint density at radius 1 is 1.41 bits per heavy atom. The summed E-state index contributed by atoms with van der Waals surface area (Å²) in [5.74, 6) is -0.323. The Morgan fingerprint density at radius 2 is 2.22 bits per heavy atom. The molecule has 140 valence electrons. The first kappa shape index (κ1) is 17.3. The van der Waals surface area contributed by atoms with Crippen LogP contribution in [0.2, 0.25) is 0 Å². The molecule has 2 aliphatic heterocycles. The second-order valence-electron chi connectivity index (χ2n) is 7.10. The highest BCUT2D eigenvalue weighted by Gasteiger charge is 2.62. The van der Waals surface area contributed by atoms with E-state index in [1.807, 2.05) is 35.2 Å². The van der Waals surface area contributed by atoms with E-state index in [0.29, 0.717) is 24.7 Å². The van der Waals surface area contributed by atoms with Gasteiger partial charge in [-0.15, -0.1) is 6.58 Å². The molecule has 1 aromatic heterocycles. The minimum atomic E-state index is -1.11. The molecule has 7 heteroatoms. The van der Waals surface area contributed by atoms with Crippen LogP contribution in [0, 0.1) is 11.3 Å². The number of para-hydroxylation sites is 1. The molecule has 2 aromatic rings. The molecule has 2 atom stereocenters. The van der Waals surface area contributed by atoms with E-state index in [4.69, 9.17) is 9.72 Å². The monoisotopic (exact) mass is 367 g/mol. The number of carbonyl (C=O) groups excluding carboxylic acids is 1. The number of amides is 1. The fourth-order valence-corrected chi connectivity index (χ4v) is 4.24. The number of nitrogens with zero attached hydrogens (tertiary/aromatic N) is 3. The summed E-state index contributed by atoms with van der Waals surface area (Å²) in [5.41, 5.74) is -0.393. The molecule has 1 aromatic carbocycles. The fourth-order valence-electron chi connectivity index (χ4n) is 4.24. The summed E-state index contributed by atoms with van der Waals surface area (Å²) in [5, 5.41) is 10.9. The van der Waals surface area contributed by atoms with E-state index in [2.05, 4.69) is 6.58 Å². The highest BCUT2D eigenvalue weighted by Crippen LogP contribution is 2.45. The highest BCUT2D eigenvalue weighted by molar-refractivity contribution is 5.94. The first-order valence-corrected chi connectivity index (χ1v) is 8.82. The smallest absolute Gasteiger partial charge is 0.314 e. The zero-order valence-corrected chi connectivity index (χ0v) is 15.1. The van der Waals surface area contributed by atoms with Gasteiger partial charge in [-0.3, -0.25) is 9.59 Å². The van der Waals surface area contributed by atoms with Crippen LogP contribution in [-0.4, -0.2) is 60.2 Å². The van der Waals surface area contributed by atoms with Crippen LogP contribution in [0.1, 0.15) is 0 Å². The number of carbonyl (C=O) groups is 2. The molecule has 1 amide bonds. The number of likely N-dealkylation sites (tertiary alicyclic amines) is 1.